The maximum atomic E-state index is 13.9. The Kier molecular flexibility index (Phi) is 8.54. The Morgan fingerprint density at radius 2 is 2.00 bits per heavy atom. The first kappa shape index (κ1) is 29.6. The topological polar surface area (TPSA) is 112 Å². The summed E-state index contributed by atoms with van der Waals surface area (Å²) in [5.74, 6) is -1.06. The number of hydrogen-bond acceptors (Lipinski definition) is 6. The van der Waals surface area contributed by atoms with E-state index in [1.54, 1.807) is 72.6 Å². The average molecular weight is 592 g/mol. The predicted molar refractivity (Wildman–Crippen MR) is 160 cm³/mol. The van der Waals surface area contributed by atoms with Crippen LogP contribution in [0.5, 0.6) is 5.75 Å². The zero-order valence-corrected chi connectivity index (χ0v) is 24.3. The van der Waals surface area contributed by atoms with Gasteiger partial charge in [-0.05, 0) is 60.9 Å². The summed E-state index contributed by atoms with van der Waals surface area (Å²) in [5, 5.41) is 21.9. The average Bonchev–Trinajstić information content (AvgIpc) is 3.55. The zero-order chi connectivity index (χ0) is 30.0. The largest absolute Gasteiger partial charge is 0.491 e. The molecule has 2 aliphatic heterocycles. The van der Waals surface area contributed by atoms with Crippen molar-refractivity contribution in [3.8, 4) is 11.4 Å². The molecule has 0 aliphatic carbocycles. The first-order valence-electron chi connectivity index (χ1n) is 13.9. The lowest BCUT2D eigenvalue weighted by atomic mass is 9.83. The molecule has 220 valence electrons. The molecule has 5 rings (SSSR count). The molecular formula is C32H34ClN3O6. The highest BCUT2D eigenvalue weighted by atomic mass is 35.5. The number of nitrogens with zero attached hydrogens (tertiary/aromatic N) is 3. The Morgan fingerprint density at radius 1 is 1.19 bits per heavy atom. The minimum Gasteiger partial charge on any atom is -0.491 e. The number of pyridine rings is 1. The van der Waals surface area contributed by atoms with Crippen LogP contribution in [0.2, 0.25) is 5.02 Å². The van der Waals surface area contributed by atoms with Crippen molar-refractivity contribution in [1.82, 2.24) is 9.47 Å². The van der Waals surface area contributed by atoms with Crippen molar-refractivity contribution in [2.45, 2.75) is 44.4 Å². The Bertz CT molecular complexity index is 1590. The fourth-order valence-corrected chi connectivity index (χ4v) is 6.05. The van der Waals surface area contributed by atoms with E-state index in [1.165, 1.54) is 16.6 Å². The molecule has 0 saturated carbocycles. The van der Waals surface area contributed by atoms with Crippen molar-refractivity contribution in [3.63, 3.8) is 0 Å². The molecule has 10 heteroatoms. The molecule has 3 heterocycles. The second-order valence-electron chi connectivity index (χ2n) is 10.7. The van der Waals surface area contributed by atoms with Crippen LogP contribution < -0.4 is 15.2 Å². The molecule has 0 radical (unpaired) electrons. The van der Waals surface area contributed by atoms with Crippen LogP contribution in [0, 0.1) is 5.92 Å². The maximum Gasteiger partial charge on any atom is 0.297 e. The third-order valence-electron chi connectivity index (χ3n) is 8.18. The standard InChI is InChI=1S/C32H34ClN3O6/c1-21(7-3-12-29(38)34-15-5-10-25(34)20-37)32(41)26-18-23(33)13-14-27(26)36(31(32)40)19-22-8-4-9-24(17-22)35-16-6-11-28(42-2)30(35)39/h3-4,6-9,11,13-14,16-18,21,25,37,41H,5,10,12,15,19-20H2,1-2H3/b7-3+/t21-,25+,32+/m1/s1. The van der Waals surface area contributed by atoms with Gasteiger partial charge in [0.05, 0.1) is 32.0 Å². The Labute approximate surface area is 249 Å². The molecule has 42 heavy (non-hydrogen) atoms. The summed E-state index contributed by atoms with van der Waals surface area (Å²) in [6, 6.07) is 15.4. The van der Waals surface area contributed by atoms with Crippen molar-refractivity contribution >= 4 is 29.1 Å². The van der Waals surface area contributed by atoms with E-state index in [-0.39, 0.29) is 42.8 Å². The second-order valence-corrected chi connectivity index (χ2v) is 11.2. The van der Waals surface area contributed by atoms with Gasteiger partial charge in [0.15, 0.2) is 11.4 Å². The molecule has 2 aromatic carbocycles. The van der Waals surface area contributed by atoms with E-state index < -0.39 is 17.4 Å². The highest BCUT2D eigenvalue weighted by Gasteiger charge is 2.52. The number of ether oxygens (including phenoxy) is 1. The third-order valence-corrected chi connectivity index (χ3v) is 8.41. The highest BCUT2D eigenvalue weighted by Crippen LogP contribution is 2.46. The lowest BCUT2D eigenvalue weighted by Gasteiger charge is -2.28. The molecule has 1 saturated heterocycles. The van der Waals surface area contributed by atoms with Crippen LogP contribution in [-0.4, -0.2) is 57.8 Å². The van der Waals surface area contributed by atoms with Crippen LogP contribution in [0.15, 0.2) is 77.7 Å². The number of aliphatic hydroxyl groups is 2. The number of fused-ring (bicyclic) bond motifs is 1. The fraction of sp³-hybridized carbons (Fsp3) is 0.344. The number of likely N-dealkylation sites (tertiary alicyclic amines) is 1. The number of benzene rings is 2. The molecule has 2 amide bonds. The van der Waals surface area contributed by atoms with Crippen LogP contribution in [0.3, 0.4) is 0 Å². The Morgan fingerprint density at radius 3 is 2.76 bits per heavy atom. The lowest BCUT2D eigenvalue weighted by Crippen LogP contribution is -2.44. The van der Waals surface area contributed by atoms with Gasteiger partial charge in [-0.3, -0.25) is 19.0 Å². The van der Waals surface area contributed by atoms with E-state index in [0.717, 1.165) is 18.4 Å². The van der Waals surface area contributed by atoms with Gasteiger partial charge in [0, 0.05) is 41.4 Å². The number of hydrogen-bond donors (Lipinski definition) is 2. The summed E-state index contributed by atoms with van der Waals surface area (Å²) < 4.78 is 6.64. The highest BCUT2D eigenvalue weighted by molar-refractivity contribution is 6.31. The summed E-state index contributed by atoms with van der Waals surface area (Å²) in [5.41, 5.74) is 0.0798. The van der Waals surface area contributed by atoms with Crippen molar-refractivity contribution in [3.05, 3.63) is 99.4 Å². The van der Waals surface area contributed by atoms with Crippen molar-refractivity contribution in [2.24, 2.45) is 5.92 Å². The molecule has 2 N–H and O–H groups in total. The van der Waals surface area contributed by atoms with Crippen LogP contribution in [0.4, 0.5) is 5.69 Å². The molecule has 3 aromatic rings. The van der Waals surface area contributed by atoms with E-state index in [0.29, 0.717) is 28.5 Å². The van der Waals surface area contributed by atoms with Crippen LogP contribution >= 0.6 is 11.6 Å². The SMILES string of the molecule is COc1cccn(-c2cccc(CN3C(=O)[C@](O)([C@H](C)/C=C/CC(=O)N4CCC[C@H]4CO)c4cc(Cl)ccc43)c2)c1=O. The molecule has 3 atom stereocenters. The van der Waals surface area contributed by atoms with E-state index in [1.807, 2.05) is 12.1 Å². The van der Waals surface area contributed by atoms with Crippen molar-refractivity contribution in [1.29, 1.82) is 0 Å². The van der Waals surface area contributed by atoms with E-state index in [9.17, 15) is 24.6 Å². The number of halogens is 1. The van der Waals surface area contributed by atoms with Gasteiger partial charge in [-0.1, -0.05) is 42.8 Å². The van der Waals surface area contributed by atoms with Crippen LogP contribution in [0.25, 0.3) is 5.69 Å². The van der Waals surface area contributed by atoms with Gasteiger partial charge in [0.1, 0.15) is 0 Å². The molecule has 0 spiro atoms. The van der Waals surface area contributed by atoms with E-state index in [4.69, 9.17) is 16.3 Å². The van der Waals surface area contributed by atoms with Crippen LogP contribution in [-0.2, 0) is 21.7 Å². The van der Waals surface area contributed by atoms with Gasteiger partial charge in [-0.15, -0.1) is 0 Å². The number of aliphatic hydroxyl groups excluding tert-OH is 1. The minimum absolute atomic E-state index is 0.0628. The summed E-state index contributed by atoms with van der Waals surface area (Å²) >= 11 is 6.31. The Hall–Kier alpha value is -3.92. The molecule has 1 aromatic heterocycles. The molecular weight excluding hydrogens is 558 g/mol. The number of methoxy groups -OCH3 is 1. The molecule has 1 fully saturated rings. The molecule has 0 unspecified atom stereocenters. The van der Waals surface area contributed by atoms with E-state index >= 15 is 0 Å². The molecule has 0 bridgehead atoms. The number of carbonyl (C=O) groups is 2. The van der Waals surface area contributed by atoms with Crippen molar-refractivity contribution in [2.75, 3.05) is 25.2 Å². The van der Waals surface area contributed by atoms with Gasteiger partial charge in [0.2, 0.25) is 5.91 Å². The number of amides is 2. The van der Waals surface area contributed by atoms with Gasteiger partial charge in [-0.25, -0.2) is 0 Å². The third kappa shape index (κ3) is 5.35. The van der Waals surface area contributed by atoms with Crippen molar-refractivity contribution < 1.29 is 24.5 Å². The van der Waals surface area contributed by atoms with Gasteiger partial charge in [0.25, 0.3) is 11.5 Å². The predicted octanol–water partition coefficient (Wildman–Crippen LogP) is 3.80. The number of rotatable bonds is 9. The molecule has 9 nitrogen and oxygen atoms in total. The maximum absolute atomic E-state index is 13.9. The van der Waals surface area contributed by atoms with Gasteiger partial charge in [-0.2, -0.15) is 0 Å². The number of carbonyl (C=O) groups excluding carboxylic acids is 2. The second kappa shape index (κ2) is 12.1. The smallest absolute Gasteiger partial charge is 0.297 e. The number of anilines is 1. The summed E-state index contributed by atoms with van der Waals surface area (Å²) in [6.45, 7) is 2.43. The first-order chi connectivity index (χ1) is 20.2. The summed E-state index contributed by atoms with van der Waals surface area (Å²) in [7, 11) is 1.44. The first-order valence-corrected chi connectivity index (χ1v) is 14.3. The number of aromatic nitrogens is 1. The quantitative estimate of drug-likeness (QED) is 0.366. The van der Waals surface area contributed by atoms with E-state index in [2.05, 4.69) is 0 Å². The van der Waals surface area contributed by atoms with Crippen LogP contribution in [0.1, 0.15) is 37.3 Å². The molecule has 2 aliphatic rings. The fourth-order valence-electron chi connectivity index (χ4n) is 5.88. The summed E-state index contributed by atoms with van der Waals surface area (Å²) in [6.07, 6.45) is 6.75. The summed E-state index contributed by atoms with van der Waals surface area (Å²) in [4.78, 5) is 42.7. The minimum atomic E-state index is -1.90. The van der Waals surface area contributed by atoms with Gasteiger partial charge >= 0.3 is 0 Å². The monoisotopic (exact) mass is 591 g/mol. The zero-order valence-electron chi connectivity index (χ0n) is 23.6. The van der Waals surface area contributed by atoms with Gasteiger partial charge < -0.3 is 24.7 Å². The normalized spacial score (nSPS) is 20.8. The Balaban J connectivity index is 1.40. The lowest BCUT2D eigenvalue weighted by molar-refractivity contribution is -0.139.